The molecule has 0 aromatic heterocycles. The lowest BCUT2D eigenvalue weighted by molar-refractivity contribution is -0.117. The second-order valence-electron chi connectivity index (χ2n) is 5.58. The maximum atomic E-state index is 13.2. The highest BCUT2D eigenvalue weighted by molar-refractivity contribution is 5.79. The summed E-state index contributed by atoms with van der Waals surface area (Å²) in [6.45, 7) is 0.732. The maximum absolute atomic E-state index is 13.2. The van der Waals surface area contributed by atoms with Crippen molar-refractivity contribution >= 4 is 11.5 Å². The maximum Gasteiger partial charge on any atom is 0.217 e. The van der Waals surface area contributed by atoms with Crippen LogP contribution in [0.1, 0.15) is 24.0 Å². The van der Waals surface area contributed by atoms with Crippen molar-refractivity contribution in [3.8, 4) is 11.5 Å². The molecular weight excluding hydrogens is 309 g/mol. The molecule has 0 saturated heterocycles. The third-order valence-corrected chi connectivity index (χ3v) is 3.80. The topological polar surface area (TPSA) is 61.6 Å². The van der Waals surface area contributed by atoms with E-state index in [0.29, 0.717) is 30.9 Å². The van der Waals surface area contributed by atoms with Crippen molar-refractivity contribution in [2.45, 2.75) is 19.4 Å². The van der Waals surface area contributed by atoms with Crippen LogP contribution in [0.5, 0.6) is 11.5 Å². The largest absolute Gasteiger partial charge is 0.489 e. The molecule has 1 heterocycles. The fourth-order valence-electron chi connectivity index (χ4n) is 2.61. The molecule has 0 atom stereocenters. The van der Waals surface area contributed by atoms with E-state index >= 15 is 0 Å². The fraction of sp³-hybridized carbons (Fsp3) is 0.211. The van der Waals surface area contributed by atoms with Gasteiger partial charge in [0.05, 0.1) is 0 Å². The Morgan fingerprint density at radius 3 is 2.92 bits per heavy atom. The molecule has 2 N–H and O–H groups in total. The standard InChI is InChI=1S/C19H18FNO3/c20-15-3-1-2-13(10-15)12-24-16-5-6-17-14(4-7-19(21)22)8-9-23-18(17)11-16/h1-3,5-6,8,10-11H,4,7,9,12H2,(H2,21,22). The summed E-state index contributed by atoms with van der Waals surface area (Å²) in [5.74, 6) is 0.760. The summed E-state index contributed by atoms with van der Waals surface area (Å²) in [5.41, 5.74) is 7.97. The Hall–Kier alpha value is -2.82. The molecule has 0 unspecified atom stereocenters. The number of ether oxygens (including phenoxy) is 2. The third-order valence-electron chi connectivity index (χ3n) is 3.80. The molecule has 0 fully saturated rings. The van der Waals surface area contributed by atoms with Crippen LogP contribution in [-0.4, -0.2) is 12.5 Å². The molecule has 24 heavy (non-hydrogen) atoms. The van der Waals surface area contributed by atoms with Crippen molar-refractivity contribution in [2.24, 2.45) is 5.73 Å². The third kappa shape index (κ3) is 3.93. The molecule has 0 radical (unpaired) electrons. The first-order chi connectivity index (χ1) is 11.6. The number of carbonyl (C=O) groups is 1. The Balaban J connectivity index is 1.70. The number of fused-ring (bicyclic) bond motifs is 1. The molecule has 0 bridgehead atoms. The van der Waals surface area contributed by atoms with Gasteiger partial charge in [0.2, 0.25) is 5.91 Å². The SMILES string of the molecule is NC(=O)CCC1=CCOc2cc(OCc3cccc(F)c3)ccc21. The number of benzene rings is 2. The summed E-state index contributed by atoms with van der Waals surface area (Å²) in [5, 5.41) is 0. The Morgan fingerprint density at radius 1 is 1.25 bits per heavy atom. The first-order valence-electron chi connectivity index (χ1n) is 7.73. The van der Waals surface area contributed by atoms with Crippen LogP contribution < -0.4 is 15.2 Å². The van der Waals surface area contributed by atoms with E-state index < -0.39 is 0 Å². The van der Waals surface area contributed by atoms with Gasteiger partial charge in [-0.15, -0.1) is 0 Å². The number of nitrogens with two attached hydrogens (primary N) is 1. The number of hydrogen-bond acceptors (Lipinski definition) is 3. The van der Waals surface area contributed by atoms with E-state index in [9.17, 15) is 9.18 Å². The number of primary amides is 1. The van der Waals surface area contributed by atoms with Gasteiger partial charge in [0, 0.05) is 18.1 Å². The van der Waals surface area contributed by atoms with Crippen LogP contribution in [0.4, 0.5) is 4.39 Å². The van der Waals surface area contributed by atoms with Gasteiger partial charge in [0.25, 0.3) is 0 Å². The van der Waals surface area contributed by atoms with E-state index in [1.807, 2.05) is 30.3 Å². The van der Waals surface area contributed by atoms with Crippen molar-refractivity contribution in [1.82, 2.24) is 0 Å². The molecule has 0 saturated carbocycles. The van der Waals surface area contributed by atoms with Gasteiger partial charge >= 0.3 is 0 Å². The first kappa shape index (κ1) is 16.1. The molecule has 4 nitrogen and oxygen atoms in total. The highest BCUT2D eigenvalue weighted by Crippen LogP contribution is 2.35. The van der Waals surface area contributed by atoms with E-state index in [-0.39, 0.29) is 18.3 Å². The summed E-state index contributed by atoms with van der Waals surface area (Å²) >= 11 is 0. The van der Waals surface area contributed by atoms with Crippen molar-refractivity contribution in [1.29, 1.82) is 0 Å². The molecule has 0 spiro atoms. The Bertz CT molecular complexity index is 786. The molecule has 2 aromatic carbocycles. The zero-order valence-electron chi connectivity index (χ0n) is 13.1. The average molecular weight is 327 g/mol. The van der Waals surface area contributed by atoms with E-state index in [0.717, 1.165) is 16.7 Å². The molecule has 124 valence electrons. The zero-order chi connectivity index (χ0) is 16.9. The van der Waals surface area contributed by atoms with E-state index in [1.165, 1.54) is 12.1 Å². The first-order valence-corrected chi connectivity index (χ1v) is 7.73. The number of amides is 1. The smallest absolute Gasteiger partial charge is 0.217 e. The van der Waals surface area contributed by atoms with Crippen LogP contribution in [0.25, 0.3) is 5.57 Å². The molecule has 1 aliphatic heterocycles. The summed E-state index contributed by atoms with van der Waals surface area (Å²) in [6, 6.07) is 11.9. The highest BCUT2D eigenvalue weighted by Gasteiger charge is 2.15. The van der Waals surface area contributed by atoms with Gasteiger partial charge in [-0.25, -0.2) is 4.39 Å². The van der Waals surface area contributed by atoms with Crippen LogP contribution in [0.15, 0.2) is 48.5 Å². The molecular formula is C19H18FNO3. The van der Waals surface area contributed by atoms with E-state index in [4.69, 9.17) is 15.2 Å². The molecule has 5 heteroatoms. The van der Waals surface area contributed by atoms with Gasteiger partial charge in [-0.05, 0) is 47.9 Å². The number of allylic oxidation sites excluding steroid dienone is 1. The summed E-state index contributed by atoms with van der Waals surface area (Å²) in [4.78, 5) is 11.0. The van der Waals surface area contributed by atoms with Gasteiger partial charge in [0.15, 0.2) is 0 Å². The zero-order valence-corrected chi connectivity index (χ0v) is 13.1. The van der Waals surface area contributed by atoms with E-state index in [2.05, 4.69) is 0 Å². The number of halogens is 1. The summed E-state index contributed by atoms with van der Waals surface area (Å²) in [7, 11) is 0. The van der Waals surface area contributed by atoms with Crippen molar-refractivity contribution < 1.29 is 18.7 Å². The lowest BCUT2D eigenvalue weighted by Crippen LogP contribution is -2.11. The van der Waals surface area contributed by atoms with E-state index in [1.54, 1.807) is 6.07 Å². The monoisotopic (exact) mass is 327 g/mol. The number of carbonyl (C=O) groups excluding carboxylic acids is 1. The van der Waals surface area contributed by atoms with Crippen molar-refractivity contribution in [2.75, 3.05) is 6.61 Å². The highest BCUT2D eigenvalue weighted by atomic mass is 19.1. The second kappa shape index (κ2) is 7.17. The number of hydrogen-bond donors (Lipinski definition) is 1. The quantitative estimate of drug-likeness (QED) is 0.884. The second-order valence-corrected chi connectivity index (χ2v) is 5.58. The lowest BCUT2D eigenvalue weighted by Gasteiger charge is -2.19. The molecule has 3 rings (SSSR count). The number of rotatable bonds is 6. The molecule has 0 aliphatic carbocycles. The minimum Gasteiger partial charge on any atom is -0.489 e. The van der Waals surface area contributed by atoms with Gasteiger partial charge in [-0.2, -0.15) is 0 Å². The van der Waals surface area contributed by atoms with Crippen LogP contribution in [0.2, 0.25) is 0 Å². The summed E-state index contributed by atoms with van der Waals surface area (Å²) < 4.78 is 24.5. The predicted octanol–water partition coefficient (Wildman–Crippen LogP) is 3.45. The van der Waals surface area contributed by atoms with Crippen LogP contribution >= 0.6 is 0 Å². The van der Waals surface area contributed by atoms with Crippen LogP contribution in [-0.2, 0) is 11.4 Å². The van der Waals surface area contributed by atoms with Crippen LogP contribution in [0, 0.1) is 5.82 Å². The lowest BCUT2D eigenvalue weighted by atomic mass is 9.98. The molecule has 1 amide bonds. The van der Waals surface area contributed by atoms with Gasteiger partial charge < -0.3 is 15.2 Å². The van der Waals surface area contributed by atoms with Crippen molar-refractivity contribution in [3.63, 3.8) is 0 Å². The van der Waals surface area contributed by atoms with Crippen molar-refractivity contribution in [3.05, 3.63) is 65.5 Å². The molecule has 2 aromatic rings. The minimum absolute atomic E-state index is 0.279. The summed E-state index contributed by atoms with van der Waals surface area (Å²) in [6.07, 6.45) is 2.86. The Kier molecular flexibility index (Phi) is 4.79. The fourth-order valence-corrected chi connectivity index (χ4v) is 2.61. The normalized spacial score (nSPS) is 12.8. The Labute approximate surface area is 139 Å². The van der Waals surface area contributed by atoms with Gasteiger partial charge in [-0.1, -0.05) is 12.1 Å². The minimum atomic E-state index is -0.320. The molecule has 1 aliphatic rings. The Morgan fingerprint density at radius 2 is 2.12 bits per heavy atom. The van der Waals surface area contributed by atoms with Crippen LogP contribution in [0.3, 0.4) is 0 Å². The van der Waals surface area contributed by atoms with Gasteiger partial charge in [0.1, 0.15) is 30.5 Å². The van der Waals surface area contributed by atoms with Gasteiger partial charge in [-0.3, -0.25) is 4.79 Å². The predicted molar refractivity (Wildman–Crippen MR) is 89.1 cm³/mol. The average Bonchev–Trinajstić information content (AvgIpc) is 2.58.